The van der Waals surface area contributed by atoms with Gasteiger partial charge in [-0.2, -0.15) is 0 Å². The van der Waals surface area contributed by atoms with E-state index in [1.807, 2.05) is 35.9 Å². The number of anilines is 1. The molecule has 1 aromatic carbocycles. The highest BCUT2D eigenvalue weighted by atomic mass is 32.1. The van der Waals surface area contributed by atoms with Crippen molar-refractivity contribution in [3.05, 3.63) is 59.1 Å². The first-order valence-corrected chi connectivity index (χ1v) is 10.4. The Morgan fingerprint density at radius 1 is 1.28 bits per heavy atom. The Morgan fingerprint density at radius 3 is 2.86 bits per heavy atom. The van der Waals surface area contributed by atoms with Crippen molar-refractivity contribution in [3.8, 4) is 0 Å². The molecule has 1 unspecified atom stereocenters. The van der Waals surface area contributed by atoms with Crippen molar-refractivity contribution in [1.29, 1.82) is 0 Å². The Morgan fingerprint density at radius 2 is 2.10 bits per heavy atom. The Kier molecular flexibility index (Phi) is 5.66. The van der Waals surface area contributed by atoms with Gasteiger partial charge in [0.1, 0.15) is 10.8 Å². The fourth-order valence-electron chi connectivity index (χ4n) is 3.31. The summed E-state index contributed by atoms with van der Waals surface area (Å²) in [6.45, 7) is 3.34. The van der Waals surface area contributed by atoms with Gasteiger partial charge in [-0.1, -0.05) is 48.6 Å². The van der Waals surface area contributed by atoms with Crippen LogP contribution in [0.4, 0.5) is 5.13 Å². The third kappa shape index (κ3) is 4.34. The molecule has 1 aliphatic heterocycles. The first-order valence-electron chi connectivity index (χ1n) is 9.58. The number of benzene rings is 1. The molecule has 2 amide bonds. The summed E-state index contributed by atoms with van der Waals surface area (Å²) in [5, 5.41) is 12.5. The van der Waals surface area contributed by atoms with Crippen LogP contribution in [0, 0.1) is 5.92 Å². The fourth-order valence-corrected chi connectivity index (χ4v) is 4.11. The number of aryl methyl sites for hydroxylation is 1. The summed E-state index contributed by atoms with van der Waals surface area (Å²) in [7, 11) is 0. The minimum Gasteiger partial charge on any atom is -0.349 e. The Bertz CT molecular complexity index is 999. The molecule has 0 aliphatic carbocycles. The van der Waals surface area contributed by atoms with E-state index in [4.69, 9.17) is 0 Å². The van der Waals surface area contributed by atoms with E-state index < -0.39 is 5.92 Å². The van der Waals surface area contributed by atoms with Gasteiger partial charge in [-0.25, -0.2) is 4.98 Å². The van der Waals surface area contributed by atoms with Crippen molar-refractivity contribution in [2.45, 2.75) is 32.9 Å². The number of rotatable bonds is 7. The van der Waals surface area contributed by atoms with Gasteiger partial charge in [0.2, 0.25) is 16.9 Å². The zero-order valence-electron chi connectivity index (χ0n) is 16.1. The minimum atomic E-state index is -0.394. The fraction of sp³-hybridized carbons (Fsp3) is 0.350. The molecule has 1 saturated heterocycles. The molecular weight excluding hydrogens is 388 g/mol. The number of carbonyl (C=O) groups excluding carboxylic acids is 2. The number of nitrogens with one attached hydrogen (secondary N) is 1. The van der Waals surface area contributed by atoms with Gasteiger partial charge in [-0.3, -0.25) is 14.5 Å². The van der Waals surface area contributed by atoms with Crippen LogP contribution in [0.25, 0.3) is 0 Å². The van der Waals surface area contributed by atoms with Crippen LogP contribution in [0.1, 0.15) is 29.7 Å². The van der Waals surface area contributed by atoms with E-state index in [1.54, 1.807) is 11.1 Å². The van der Waals surface area contributed by atoms with E-state index in [1.165, 1.54) is 16.9 Å². The van der Waals surface area contributed by atoms with Gasteiger partial charge in [0.25, 0.3) is 0 Å². The number of amides is 2. The summed E-state index contributed by atoms with van der Waals surface area (Å²) >= 11 is 1.40. The molecule has 0 radical (unpaired) electrons. The largest absolute Gasteiger partial charge is 0.349 e. The van der Waals surface area contributed by atoms with Gasteiger partial charge in [0.05, 0.1) is 12.5 Å². The molecule has 0 bridgehead atoms. The second kappa shape index (κ2) is 8.52. The standard InChI is InChI=1S/C20H22N6O2S/c1-2-17-23-24-20(29-17)26-13-15(10-18(26)27)19(28)22-11-16-21-8-9-25(16)12-14-6-4-3-5-7-14/h3-9,15H,2,10-13H2,1H3,(H,22,28). The van der Waals surface area contributed by atoms with Crippen LogP contribution in [0.2, 0.25) is 0 Å². The summed E-state index contributed by atoms with van der Waals surface area (Å²) in [5.74, 6) is 0.152. The SMILES string of the molecule is CCc1nnc(N2CC(C(=O)NCc3nccn3Cc3ccccc3)CC2=O)s1. The summed E-state index contributed by atoms with van der Waals surface area (Å²) in [4.78, 5) is 30.9. The average Bonchev–Trinajstić information content (AvgIpc) is 3.46. The number of hydrogen-bond acceptors (Lipinski definition) is 6. The van der Waals surface area contributed by atoms with Crippen molar-refractivity contribution in [1.82, 2.24) is 25.1 Å². The normalized spacial score (nSPS) is 16.4. The van der Waals surface area contributed by atoms with Crippen LogP contribution >= 0.6 is 11.3 Å². The molecule has 1 fully saturated rings. The maximum absolute atomic E-state index is 12.6. The van der Waals surface area contributed by atoms with Crippen molar-refractivity contribution < 1.29 is 9.59 Å². The van der Waals surface area contributed by atoms with E-state index in [0.29, 0.717) is 24.8 Å². The molecule has 3 aromatic rings. The first-order chi connectivity index (χ1) is 14.1. The highest BCUT2D eigenvalue weighted by Gasteiger charge is 2.36. The lowest BCUT2D eigenvalue weighted by Crippen LogP contribution is -2.33. The molecule has 1 N–H and O–H groups in total. The summed E-state index contributed by atoms with van der Waals surface area (Å²) < 4.78 is 2.01. The van der Waals surface area contributed by atoms with Gasteiger partial charge >= 0.3 is 0 Å². The van der Waals surface area contributed by atoms with E-state index in [0.717, 1.165) is 17.3 Å². The van der Waals surface area contributed by atoms with Crippen LogP contribution in [0.15, 0.2) is 42.7 Å². The third-order valence-corrected chi connectivity index (χ3v) is 5.99. The predicted octanol–water partition coefficient (Wildman–Crippen LogP) is 2.01. The van der Waals surface area contributed by atoms with E-state index in [9.17, 15) is 9.59 Å². The molecule has 1 atom stereocenters. The van der Waals surface area contributed by atoms with Gasteiger partial charge in [0.15, 0.2) is 0 Å². The molecule has 1 aliphatic rings. The second-order valence-electron chi connectivity index (χ2n) is 6.91. The minimum absolute atomic E-state index is 0.0884. The Balaban J connectivity index is 1.35. The second-order valence-corrected chi connectivity index (χ2v) is 7.95. The van der Waals surface area contributed by atoms with E-state index in [2.05, 4.69) is 32.6 Å². The van der Waals surface area contributed by atoms with Crippen molar-refractivity contribution in [2.24, 2.45) is 5.92 Å². The van der Waals surface area contributed by atoms with Crippen molar-refractivity contribution in [2.75, 3.05) is 11.4 Å². The lowest BCUT2D eigenvalue weighted by Gasteiger charge is -2.13. The molecule has 8 nitrogen and oxygen atoms in total. The molecule has 4 rings (SSSR count). The summed E-state index contributed by atoms with van der Waals surface area (Å²) in [5.41, 5.74) is 1.17. The Labute approximate surface area is 172 Å². The first kappa shape index (κ1) is 19.3. The lowest BCUT2D eigenvalue weighted by atomic mass is 10.1. The third-order valence-electron chi connectivity index (χ3n) is 4.90. The van der Waals surface area contributed by atoms with Crippen molar-refractivity contribution in [3.63, 3.8) is 0 Å². The predicted molar refractivity (Wildman–Crippen MR) is 109 cm³/mol. The van der Waals surface area contributed by atoms with Gasteiger partial charge in [0, 0.05) is 31.9 Å². The van der Waals surface area contributed by atoms with Crippen LogP contribution in [0.5, 0.6) is 0 Å². The molecule has 0 spiro atoms. The quantitative estimate of drug-likeness (QED) is 0.643. The van der Waals surface area contributed by atoms with Crippen molar-refractivity contribution >= 4 is 28.3 Å². The highest BCUT2D eigenvalue weighted by molar-refractivity contribution is 7.15. The van der Waals surface area contributed by atoms with Crippen LogP contribution < -0.4 is 10.2 Å². The number of hydrogen-bond donors (Lipinski definition) is 1. The lowest BCUT2D eigenvalue weighted by molar-refractivity contribution is -0.126. The summed E-state index contributed by atoms with van der Waals surface area (Å²) in [6, 6.07) is 10.1. The smallest absolute Gasteiger partial charge is 0.229 e. The monoisotopic (exact) mass is 410 g/mol. The summed E-state index contributed by atoms with van der Waals surface area (Å²) in [6.07, 6.45) is 4.59. The zero-order chi connectivity index (χ0) is 20.2. The zero-order valence-corrected chi connectivity index (χ0v) is 16.9. The molecule has 0 saturated carbocycles. The van der Waals surface area contributed by atoms with E-state index >= 15 is 0 Å². The number of nitrogens with zero attached hydrogens (tertiary/aromatic N) is 5. The molecule has 2 aromatic heterocycles. The molecule has 9 heteroatoms. The maximum Gasteiger partial charge on any atom is 0.229 e. The maximum atomic E-state index is 12.6. The molecule has 29 heavy (non-hydrogen) atoms. The number of imidazole rings is 1. The average molecular weight is 411 g/mol. The topological polar surface area (TPSA) is 93.0 Å². The van der Waals surface area contributed by atoms with Gasteiger partial charge in [-0.15, -0.1) is 10.2 Å². The molecule has 150 valence electrons. The number of aromatic nitrogens is 4. The Hall–Kier alpha value is -3.07. The van der Waals surface area contributed by atoms with Crippen LogP contribution in [-0.4, -0.2) is 38.1 Å². The van der Waals surface area contributed by atoms with E-state index in [-0.39, 0.29) is 18.2 Å². The molecular formula is C20H22N6O2S. The van der Waals surface area contributed by atoms with Gasteiger partial charge < -0.3 is 9.88 Å². The number of carbonyl (C=O) groups is 2. The highest BCUT2D eigenvalue weighted by Crippen LogP contribution is 2.28. The van der Waals surface area contributed by atoms with Gasteiger partial charge in [-0.05, 0) is 12.0 Å². The van der Waals surface area contributed by atoms with Crippen LogP contribution in [-0.2, 0) is 29.1 Å². The molecule has 3 heterocycles. The van der Waals surface area contributed by atoms with Crippen LogP contribution in [0.3, 0.4) is 0 Å².